The lowest BCUT2D eigenvalue weighted by molar-refractivity contribution is 0.112. The van der Waals surface area contributed by atoms with Crippen molar-refractivity contribution in [3.05, 3.63) is 95.1 Å². The summed E-state index contributed by atoms with van der Waals surface area (Å²) in [4.78, 5) is 12.5. The molecule has 1 atom stereocenters. The van der Waals surface area contributed by atoms with Gasteiger partial charge in [0.25, 0.3) is 0 Å². The zero-order valence-electron chi connectivity index (χ0n) is 21.1. The van der Waals surface area contributed by atoms with E-state index in [-0.39, 0.29) is 0 Å². The Kier molecular flexibility index (Phi) is 10.3. The summed E-state index contributed by atoms with van der Waals surface area (Å²) in [7, 11) is 0. The average Bonchev–Trinajstić information content (AvgIpc) is 3.34. The maximum Gasteiger partial charge on any atom is 0.123 e. The third-order valence-corrected chi connectivity index (χ3v) is 7.50. The SMILES string of the molecule is C=C/C(=C\C=C/C)c1nc(CN2CCN(CCN(C(=C)CC)C(C)c3ccccc3)CC2)cs1. The van der Waals surface area contributed by atoms with E-state index in [0.717, 1.165) is 68.5 Å². The third-order valence-electron chi connectivity index (χ3n) is 6.56. The van der Waals surface area contributed by atoms with Crippen molar-refractivity contribution in [1.29, 1.82) is 0 Å². The van der Waals surface area contributed by atoms with Crippen molar-refractivity contribution >= 4 is 16.9 Å². The summed E-state index contributed by atoms with van der Waals surface area (Å²) in [5.41, 5.74) is 4.81. The van der Waals surface area contributed by atoms with Gasteiger partial charge < -0.3 is 4.90 Å². The monoisotopic (exact) mass is 476 g/mol. The van der Waals surface area contributed by atoms with Crippen LogP contribution in [-0.2, 0) is 6.54 Å². The molecule has 4 nitrogen and oxygen atoms in total. The Morgan fingerprint density at radius 1 is 1.18 bits per heavy atom. The van der Waals surface area contributed by atoms with Gasteiger partial charge in [-0.2, -0.15) is 0 Å². The van der Waals surface area contributed by atoms with Crippen LogP contribution in [0.3, 0.4) is 0 Å². The van der Waals surface area contributed by atoms with E-state index in [0.29, 0.717) is 6.04 Å². The lowest BCUT2D eigenvalue weighted by Crippen LogP contribution is -2.48. The smallest absolute Gasteiger partial charge is 0.123 e. The van der Waals surface area contributed by atoms with Crippen molar-refractivity contribution in [2.45, 2.75) is 39.8 Å². The quantitative estimate of drug-likeness (QED) is 0.331. The topological polar surface area (TPSA) is 22.6 Å². The number of benzene rings is 1. The van der Waals surface area contributed by atoms with Crippen LogP contribution in [0.25, 0.3) is 5.57 Å². The number of hydrogen-bond donors (Lipinski definition) is 0. The highest BCUT2D eigenvalue weighted by atomic mass is 32.1. The van der Waals surface area contributed by atoms with Crippen LogP contribution < -0.4 is 0 Å². The zero-order chi connectivity index (χ0) is 24.3. The van der Waals surface area contributed by atoms with Crippen LogP contribution in [0.15, 0.2) is 78.9 Å². The number of aromatic nitrogens is 1. The molecular weight excluding hydrogens is 436 g/mol. The second kappa shape index (κ2) is 13.4. The molecule has 0 aliphatic carbocycles. The number of hydrogen-bond acceptors (Lipinski definition) is 5. The van der Waals surface area contributed by atoms with Crippen LogP contribution in [0.5, 0.6) is 0 Å². The largest absolute Gasteiger partial charge is 0.367 e. The average molecular weight is 477 g/mol. The molecule has 0 radical (unpaired) electrons. The van der Waals surface area contributed by atoms with E-state index in [1.165, 1.54) is 11.3 Å². The van der Waals surface area contributed by atoms with Crippen LogP contribution in [0.1, 0.15) is 49.5 Å². The van der Waals surface area contributed by atoms with E-state index in [1.54, 1.807) is 11.3 Å². The van der Waals surface area contributed by atoms with Gasteiger partial charge >= 0.3 is 0 Å². The summed E-state index contributed by atoms with van der Waals surface area (Å²) in [5.74, 6) is 0. The van der Waals surface area contributed by atoms with Crippen LogP contribution in [0, 0.1) is 0 Å². The molecule has 0 N–H and O–H groups in total. The molecule has 1 aliphatic heterocycles. The van der Waals surface area contributed by atoms with Crippen molar-refractivity contribution in [3.63, 3.8) is 0 Å². The highest BCUT2D eigenvalue weighted by molar-refractivity contribution is 7.10. The van der Waals surface area contributed by atoms with Gasteiger partial charge in [0.2, 0.25) is 0 Å². The summed E-state index contributed by atoms with van der Waals surface area (Å²) < 4.78 is 0. The normalized spacial score (nSPS) is 16.6. The van der Waals surface area contributed by atoms with Gasteiger partial charge in [0.1, 0.15) is 5.01 Å². The Bertz CT molecular complexity index is 967. The van der Waals surface area contributed by atoms with E-state index in [2.05, 4.69) is 83.5 Å². The maximum atomic E-state index is 4.86. The molecule has 2 heterocycles. The Morgan fingerprint density at radius 3 is 2.53 bits per heavy atom. The van der Waals surface area contributed by atoms with Crippen molar-refractivity contribution in [2.75, 3.05) is 39.3 Å². The number of thiazole rings is 1. The first kappa shape index (κ1) is 26.1. The molecule has 0 saturated carbocycles. The standard InChI is InChI=1S/C29H40N4S/c1-6-9-13-26(8-3)29-30-28(23-34-29)22-32-18-16-31(17-19-32)20-21-33(24(4)7-2)25(5)27-14-11-10-12-15-27/h6,8-15,23,25H,3-4,7,16-22H2,1-2,5H3/b9-6-,26-13+. The number of allylic oxidation sites excluding steroid dienone is 6. The summed E-state index contributed by atoms with van der Waals surface area (Å²) in [6, 6.07) is 11.1. The van der Waals surface area contributed by atoms with Gasteiger partial charge in [-0.15, -0.1) is 11.3 Å². The highest BCUT2D eigenvalue weighted by Crippen LogP contribution is 2.25. The molecule has 5 heteroatoms. The molecule has 1 saturated heterocycles. The van der Waals surface area contributed by atoms with Crippen LogP contribution >= 0.6 is 11.3 Å². The van der Waals surface area contributed by atoms with Gasteiger partial charge in [0.15, 0.2) is 0 Å². The van der Waals surface area contributed by atoms with Crippen LogP contribution in [-0.4, -0.2) is 59.0 Å². The summed E-state index contributed by atoms with van der Waals surface area (Å²) in [6.45, 7) is 22.2. The fourth-order valence-corrected chi connectivity index (χ4v) is 5.16. The van der Waals surface area contributed by atoms with Crippen molar-refractivity contribution < 1.29 is 0 Å². The molecule has 3 rings (SSSR count). The van der Waals surface area contributed by atoms with Gasteiger partial charge in [-0.25, -0.2) is 4.98 Å². The van der Waals surface area contributed by atoms with E-state index in [4.69, 9.17) is 4.98 Å². The first-order valence-corrected chi connectivity index (χ1v) is 13.3. The first-order chi connectivity index (χ1) is 16.5. The number of piperazine rings is 1. The van der Waals surface area contributed by atoms with Crippen LogP contribution in [0.4, 0.5) is 0 Å². The minimum Gasteiger partial charge on any atom is -0.367 e. The van der Waals surface area contributed by atoms with Gasteiger partial charge in [-0.3, -0.25) is 9.80 Å². The third kappa shape index (κ3) is 7.26. The summed E-state index contributed by atoms with van der Waals surface area (Å²) in [5, 5.41) is 3.24. The Morgan fingerprint density at radius 2 is 1.88 bits per heavy atom. The molecule has 0 bridgehead atoms. The molecule has 1 aromatic heterocycles. The van der Waals surface area contributed by atoms with Crippen molar-refractivity contribution in [1.82, 2.24) is 19.7 Å². The Labute approximate surface area is 210 Å². The molecule has 34 heavy (non-hydrogen) atoms. The van der Waals surface area contributed by atoms with Crippen LogP contribution in [0.2, 0.25) is 0 Å². The summed E-state index contributed by atoms with van der Waals surface area (Å²) >= 11 is 1.70. The molecule has 182 valence electrons. The predicted molar refractivity (Wildman–Crippen MR) is 148 cm³/mol. The lowest BCUT2D eigenvalue weighted by Gasteiger charge is -2.38. The molecule has 1 aliphatic rings. The van der Waals surface area contributed by atoms with Gasteiger partial charge in [0.05, 0.1) is 11.7 Å². The Balaban J connectivity index is 1.50. The van der Waals surface area contributed by atoms with Crippen molar-refractivity contribution in [3.8, 4) is 0 Å². The van der Waals surface area contributed by atoms with E-state index >= 15 is 0 Å². The molecule has 1 fully saturated rings. The van der Waals surface area contributed by atoms with E-state index in [1.807, 2.05) is 25.2 Å². The number of rotatable bonds is 12. The minimum atomic E-state index is 0.344. The predicted octanol–water partition coefficient (Wildman–Crippen LogP) is 6.39. The highest BCUT2D eigenvalue weighted by Gasteiger charge is 2.21. The van der Waals surface area contributed by atoms with Gasteiger partial charge in [-0.05, 0) is 25.8 Å². The van der Waals surface area contributed by atoms with Gasteiger partial charge in [-0.1, -0.05) is 74.7 Å². The minimum absolute atomic E-state index is 0.344. The summed E-state index contributed by atoms with van der Waals surface area (Å²) in [6.07, 6.45) is 9.00. The first-order valence-electron chi connectivity index (χ1n) is 12.4. The van der Waals surface area contributed by atoms with Crippen molar-refractivity contribution in [2.24, 2.45) is 0 Å². The molecule has 1 aromatic carbocycles. The molecule has 0 spiro atoms. The zero-order valence-corrected chi connectivity index (χ0v) is 21.9. The fraction of sp³-hybridized carbons (Fsp3) is 0.414. The lowest BCUT2D eigenvalue weighted by atomic mass is 10.1. The van der Waals surface area contributed by atoms with E-state index in [9.17, 15) is 0 Å². The fourth-order valence-electron chi connectivity index (χ4n) is 4.33. The molecular formula is C29H40N4S. The van der Waals surface area contributed by atoms with E-state index < -0.39 is 0 Å². The second-order valence-electron chi connectivity index (χ2n) is 8.81. The second-order valence-corrected chi connectivity index (χ2v) is 9.67. The Hall–Kier alpha value is -2.47. The van der Waals surface area contributed by atoms with Gasteiger partial charge in [0, 0.05) is 62.5 Å². The molecule has 0 amide bonds. The molecule has 2 aromatic rings. The maximum absolute atomic E-state index is 4.86. The molecule has 1 unspecified atom stereocenters. The number of nitrogens with zero attached hydrogens (tertiary/aromatic N) is 4.